The monoisotopic (exact) mass is 600 g/mol. The number of aliphatic hydroxyl groups excluding tert-OH is 1. The van der Waals surface area contributed by atoms with E-state index in [1.165, 1.54) is 32.4 Å². The van der Waals surface area contributed by atoms with E-state index < -0.39 is 11.4 Å². The molecule has 0 radical (unpaired) electrons. The van der Waals surface area contributed by atoms with Crippen LogP contribution in [0.1, 0.15) is 48.2 Å². The molecule has 42 heavy (non-hydrogen) atoms. The number of nitrogens with zero attached hydrogens (tertiary/aromatic N) is 2. The van der Waals surface area contributed by atoms with Crippen molar-refractivity contribution in [3.05, 3.63) is 70.6 Å². The number of carbonyl (C=O) groups excluding carboxylic acids is 2. The molecule has 224 valence electrons. The van der Waals surface area contributed by atoms with Crippen LogP contribution in [0.15, 0.2) is 48.5 Å². The van der Waals surface area contributed by atoms with Crippen molar-refractivity contribution in [3.63, 3.8) is 0 Å². The van der Waals surface area contributed by atoms with E-state index >= 15 is 0 Å². The predicted octanol–water partition coefficient (Wildman–Crippen LogP) is 4.79. The van der Waals surface area contributed by atoms with Crippen LogP contribution >= 0.6 is 11.6 Å². The molecule has 2 N–H and O–H groups in total. The average molecular weight is 601 g/mol. The smallest absolute Gasteiger partial charge is 0.222 e. The maximum absolute atomic E-state index is 13.9. The zero-order valence-electron chi connectivity index (χ0n) is 23.6. The molecular weight excluding hydrogens is 567 g/mol. The second-order valence-corrected chi connectivity index (χ2v) is 10.4. The van der Waals surface area contributed by atoms with Gasteiger partial charge >= 0.3 is 0 Å². The highest BCUT2D eigenvalue weighted by Gasteiger charge is 2.37. The minimum absolute atomic E-state index is 0.0381. The Balaban J connectivity index is 1.67. The molecule has 0 aliphatic carbocycles. The molecule has 1 amide bonds. The summed E-state index contributed by atoms with van der Waals surface area (Å²) in [7, 11) is 2.92. The first kappa shape index (κ1) is 31.2. The number of aromatic nitrogens is 1. The number of methoxy groups -OCH3 is 2. The first-order valence-electron chi connectivity index (χ1n) is 13.6. The second kappa shape index (κ2) is 14.0. The fraction of sp³-hybridized carbons (Fsp3) is 0.387. The summed E-state index contributed by atoms with van der Waals surface area (Å²) in [5, 5.41) is 21.1. The van der Waals surface area contributed by atoms with Crippen LogP contribution in [0.5, 0.6) is 17.2 Å². The fourth-order valence-corrected chi connectivity index (χ4v) is 5.11. The van der Waals surface area contributed by atoms with Crippen LogP contribution in [0.2, 0.25) is 5.02 Å². The van der Waals surface area contributed by atoms with E-state index in [1.807, 2.05) is 0 Å². The summed E-state index contributed by atoms with van der Waals surface area (Å²) in [6.45, 7) is 0.335. The number of carbonyl (C=O) groups is 2. The van der Waals surface area contributed by atoms with Gasteiger partial charge < -0.3 is 29.3 Å². The number of likely N-dealkylation sites (tertiary alicyclic amines) is 1. The van der Waals surface area contributed by atoms with Gasteiger partial charge in [-0.15, -0.1) is 0 Å². The molecular formula is C31H34ClFN2O7. The van der Waals surface area contributed by atoms with E-state index in [0.29, 0.717) is 47.0 Å². The van der Waals surface area contributed by atoms with Crippen molar-refractivity contribution >= 4 is 23.3 Å². The lowest BCUT2D eigenvalue weighted by molar-refractivity contribution is -0.138. The van der Waals surface area contributed by atoms with E-state index in [4.69, 9.17) is 35.9 Å². The summed E-state index contributed by atoms with van der Waals surface area (Å²) in [4.78, 5) is 32.3. The maximum Gasteiger partial charge on any atom is 0.222 e. The van der Waals surface area contributed by atoms with Crippen LogP contribution in [-0.4, -0.2) is 72.3 Å². The zero-order chi connectivity index (χ0) is 30.3. The van der Waals surface area contributed by atoms with Crippen LogP contribution in [0.3, 0.4) is 0 Å². The van der Waals surface area contributed by atoms with Crippen molar-refractivity contribution in [2.24, 2.45) is 0 Å². The van der Waals surface area contributed by atoms with Crippen molar-refractivity contribution in [1.82, 2.24) is 9.88 Å². The molecule has 11 heteroatoms. The fourth-order valence-electron chi connectivity index (χ4n) is 4.93. The van der Waals surface area contributed by atoms with E-state index in [2.05, 4.69) is 0 Å². The Morgan fingerprint density at radius 2 is 1.83 bits per heavy atom. The number of ketones is 1. The van der Waals surface area contributed by atoms with Gasteiger partial charge in [0.2, 0.25) is 5.91 Å². The van der Waals surface area contributed by atoms with Gasteiger partial charge in [-0.3, -0.25) is 9.59 Å². The Hall–Kier alpha value is -3.73. The minimum atomic E-state index is -1.69. The normalized spacial score (nSPS) is 14.8. The molecule has 1 aliphatic rings. The van der Waals surface area contributed by atoms with Crippen LogP contribution in [0.25, 0.3) is 11.3 Å². The van der Waals surface area contributed by atoms with Crippen molar-refractivity contribution in [2.45, 2.75) is 37.7 Å². The molecule has 1 unspecified atom stereocenters. The quantitative estimate of drug-likeness (QED) is 0.269. The summed E-state index contributed by atoms with van der Waals surface area (Å²) in [5.41, 5.74) is -0.306. The summed E-state index contributed by atoms with van der Waals surface area (Å²) >= 11 is 6.03. The molecule has 9 nitrogen and oxygen atoms in total. The van der Waals surface area contributed by atoms with Gasteiger partial charge in [0.25, 0.3) is 0 Å². The van der Waals surface area contributed by atoms with Gasteiger partial charge in [-0.2, -0.15) is 0 Å². The van der Waals surface area contributed by atoms with Gasteiger partial charge in [0.05, 0.1) is 38.1 Å². The lowest BCUT2D eigenvalue weighted by Crippen LogP contribution is -2.46. The number of aliphatic hydroxyl groups is 2. The first-order valence-corrected chi connectivity index (χ1v) is 14.0. The number of halogens is 2. The summed E-state index contributed by atoms with van der Waals surface area (Å²) in [6.07, 6.45) is 1.87. The zero-order valence-corrected chi connectivity index (χ0v) is 24.3. The van der Waals surface area contributed by atoms with E-state index in [1.54, 1.807) is 35.2 Å². The number of Topliss-reactive ketones (excluding diaryl/α,β-unsaturated/α-hetero) is 1. The second-order valence-electron chi connectivity index (χ2n) is 10.0. The van der Waals surface area contributed by atoms with Crippen LogP contribution in [-0.2, 0) is 10.4 Å². The first-order chi connectivity index (χ1) is 20.2. The molecule has 1 saturated heterocycles. The Morgan fingerprint density at radius 3 is 2.52 bits per heavy atom. The number of benzene rings is 2. The summed E-state index contributed by atoms with van der Waals surface area (Å²) < 4.78 is 30.2. The highest BCUT2D eigenvalue weighted by molar-refractivity contribution is 6.31. The van der Waals surface area contributed by atoms with Gasteiger partial charge in [-0.25, -0.2) is 9.37 Å². The average Bonchev–Trinajstić information content (AvgIpc) is 3.01. The topological polar surface area (TPSA) is 118 Å². The largest absolute Gasteiger partial charge is 0.494 e. The lowest BCUT2D eigenvalue weighted by Gasteiger charge is -2.36. The van der Waals surface area contributed by atoms with Gasteiger partial charge in [-0.05, 0) is 67.8 Å². The third-order valence-corrected chi connectivity index (χ3v) is 7.51. The Morgan fingerprint density at radius 1 is 1.07 bits per heavy atom. The van der Waals surface area contributed by atoms with Crippen molar-refractivity contribution < 1.29 is 38.4 Å². The van der Waals surface area contributed by atoms with Crippen LogP contribution < -0.4 is 14.2 Å². The number of ether oxygens (including phenoxy) is 3. The van der Waals surface area contributed by atoms with Gasteiger partial charge in [0.1, 0.15) is 29.5 Å². The number of hydrogen-bond donors (Lipinski definition) is 2. The molecule has 0 spiro atoms. The van der Waals surface area contributed by atoms with E-state index in [9.17, 15) is 19.1 Å². The van der Waals surface area contributed by atoms with Crippen molar-refractivity contribution in [2.75, 3.05) is 40.5 Å². The highest BCUT2D eigenvalue weighted by Crippen LogP contribution is 2.36. The number of amides is 1. The van der Waals surface area contributed by atoms with E-state index in [0.717, 1.165) is 12.8 Å². The Labute approximate surface area is 248 Å². The molecule has 2 heterocycles. The molecule has 0 saturated carbocycles. The van der Waals surface area contributed by atoms with Crippen molar-refractivity contribution in [1.29, 1.82) is 0 Å². The summed E-state index contributed by atoms with van der Waals surface area (Å²) in [5.74, 6) is 0.183. The number of rotatable bonds is 13. The molecule has 1 aromatic heterocycles. The lowest BCUT2D eigenvalue weighted by atomic mass is 9.89. The number of β-amino-alcohol motifs (C(OH)–C–C–N with tert-alkyl or cyclic N) is 1. The van der Waals surface area contributed by atoms with Gasteiger partial charge in [-0.1, -0.05) is 11.6 Å². The number of hydrogen-bond acceptors (Lipinski definition) is 8. The maximum atomic E-state index is 13.9. The molecule has 2 aromatic carbocycles. The van der Waals surface area contributed by atoms with Crippen LogP contribution in [0, 0.1) is 5.82 Å². The number of piperidine rings is 1. The van der Waals surface area contributed by atoms with Crippen molar-refractivity contribution in [3.8, 4) is 28.5 Å². The van der Waals surface area contributed by atoms with Gasteiger partial charge in [0.15, 0.2) is 17.3 Å². The standard InChI is InChI=1S/C31H34ClFN2O7/c1-40-26-10-11-28(34-30(26)21-6-8-23(33)22(32)17-21)31(39,19-35-14-4-3-5-29(35)38)13-12-24(37)20-7-9-25(42-16-15-36)27(18-20)41-2/h6-11,17-18,36,39H,3-5,12-16,19H2,1-2H3. The molecule has 3 aromatic rings. The Kier molecular flexibility index (Phi) is 10.4. The van der Waals surface area contributed by atoms with E-state index in [-0.39, 0.29) is 55.0 Å². The Bertz CT molecular complexity index is 1440. The molecule has 1 atom stereocenters. The molecule has 1 fully saturated rings. The third kappa shape index (κ3) is 7.18. The molecule has 1 aliphatic heterocycles. The predicted molar refractivity (Wildman–Crippen MR) is 155 cm³/mol. The van der Waals surface area contributed by atoms with Crippen LogP contribution in [0.4, 0.5) is 4.39 Å². The molecule has 0 bridgehead atoms. The molecule has 4 rings (SSSR count). The third-order valence-electron chi connectivity index (χ3n) is 7.22. The summed E-state index contributed by atoms with van der Waals surface area (Å²) in [6, 6.07) is 12.1. The minimum Gasteiger partial charge on any atom is -0.494 e. The SMILES string of the molecule is COc1cc(C(=O)CCC(O)(CN2CCCCC2=O)c2ccc(OC)c(-c3ccc(F)c(Cl)c3)n2)ccc1OCCO. The highest BCUT2D eigenvalue weighted by atomic mass is 35.5. The number of pyridine rings is 1. The van der Waals surface area contributed by atoms with Gasteiger partial charge in [0, 0.05) is 30.5 Å².